The van der Waals surface area contributed by atoms with Gasteiger partial charge in [0.25, 0.3) is 0 Å². The second kappa shape index (κ2) is 9.26. The summed E-state index contributed by atoms with van der Waals surface area (Å²) in [5, 5.41) is 5.79. The number of nitrogens with zero attached hydrogens (tertiary/aromatic N) is 1. The number of rotatable bonds is 4. The van der Waals surface area contributed by atoms with Crippen molar-refractivity contribution in [2.75, 3.05) is 20.1 Å². The first-order chi connectivity index (χ1) is 7.39. The Morgan fingerprint density at radius 3 is 2.41 bits per heavy atom. The molecule has 0 saturated carbocycles. The number of guanidine groups is 1. The molecule has 6 heteroatoms. The zero-order chi connectivity index (χ0) is 12.6. The maximum absolute atomic E-state index is 11.4. The Morgan fingerprint density at radius 2 is 2.00 bits per heavy atom. The zero-order valence-corrected chi connectivity index (χ0v) is 13.2. The van der Waals surface area contributed by atoms with E-state index >= 15 is 0 Å². The van der Waals surface area contributed by atoms with Crippen molar-refractivity contribution < 1.29 is 9.53 Å². The van der Waals surface area contributed by atoms with Gasteiger partial charge in [-0.2, -0.15) is 0 Å². The van der Waals surface area contributed by atoms with Crippen LogP contribution < -0.4 is 10.6 Å². The number of carbonyl (C=O) groups excluding carboxylic acids is 1. The van der Waals surface area contributed by atoms with Crippen LogP contribution >= 0.6 is 24.0 Å². The summed E-state index contributed by atoms with van der Waals surface area (Å²) in [5.41, 5.74) is -0.461. The third-order valence-corrected chi connectivity index (χ3v) is 1.46. The first kappa shape index (κ1) is 18.6. The molecule has 0 aromatic heterocycles. The summed E-state index contributed by atoms with van der Waals surface area (Å²) in [6.45, 7) is 9.74. The number of carbonyl (C=O) groups is 1. The highest BCUT2D eigenvalue weighted by Gasteiger charge is 2.15. The lowest BCUT2D eigenvalue weighted by molar-refractivity contribution is -0.153. The van der Waals surface area contributed by atoms with Crippen molar-refractivity contribution in [1.82, 2.24) is 10.6 Å². The molecule has 0 fully saturated rings. The summed E-state index contributed by atoms with van der Waals surface area (Å²) in [5.74, 6) is 0.236. The first-order valence-corrected chi connectivity index (χ1v) is 5.16. The molecule has 0 aromatic rings. The molecule has 0 amide bonds. The van der Waals surface area contributed by atoms with Crippen LogP contribution in [-0.2, 0) is 9.53 Å². The summed E-state index contributed by atoms with van der Waals surface area (Å²) >= 11 is 0. The van der Waals surface area contributed by atoms with Crippen molar-refractivity contribution in [3.05, 3.63) is 12.7 Å². The van der Waals surface area contributed by atoms with E-state index in [2.05, 4.69) is 22.2 Å². The van der Waals surface area contributed by atoms with E-state index in [0.717, 1.165) is 0 Å². The minimum Gasteiger partial charge on any atom is -0.459 e. The summed E-state index contributed by atoms with van der Waals surface area (Å²) < 4.78 is 5.13. The zero-order valence-electron chi connectivity index (χ0n) is 10.9. The second-order valence-electron chi connectivity index (χ2n) is 4.18. The van der Waals surface area contributed by atoms with Crippen molar-refractivity contribution in [1.29, 1.82) is 0 Å². The van der Waals surface area contributed by atoms with Gasteiger partial charge in [-0.05, 0) is 20.8 Å². The smallest absolute Gasteiger partial charge is 0.325 e. The molecule has 0 spiro atoms. The molecule has 0 radical (unpaired) electrons. The van der Waals surface area contributed by atoms with Gasteiger partial charge in [0.2, 0.25) is 0 Å². The molecule has 0 heterocycles. The van der Waals surface area contributed by atoms with Gasteiger partial charge in [0.1, 0.15) is 12.1 Å². The summed E-state index contributed by atoms with van der Waals surface area (Å²) in [7, 11) is 1.63. The van der Waals surface area contributed by atoms with Crippen LogP contribution in [0.5, 0.6) is 0 Å². The summed E-state index contributed by atoms with van der Waals surface area (Å²) in [4.78, 5) is 15.3. The van der Waals surface area contributed by atoms with Crippen LogP contribution in [0.4, 0.5) is 0 Å². The third kappa shape index (κ3) is 11.5. The van der Waals surface area contributed by atoms with E-state index in [1.807, 2.05) is 20.8 Å². The normalized spacial score (nSPS) is 11.2. The fraction of sp³-hybridized carbons (Fsp3) is 0.636. The lowest BCUT2D eigenvalue weighted by atomic mass is 10.2. The molecular formula is C11H22IN3O2. The van der Waals surface area contributed by atoms with Gasteiger partial charge in [0, 0.05) is 13.6 Å². The molecular weight excluding hydrogens is 333 g/mol. The minimum atomic E-state index is -0.461. The van der Waals surface area contributed by atoms with Gasteiger partial charge >= 0.3 is 5.97 Å². The third-order valence-electron chi connectivity index (χ3n) is 1.46. The van der Waals surface area contributed by atoms with Crippen LogP contribution in [0.15, 0.2) is 17.6 Å². The fourth-order valence-corrected chi connectivity index (χ4v) is 0.923. The SMILES string of the molecule is C=CCNC(=NC)NCC(=O)OC(C)(C)C.I. The molecule has 0 saturated heterocycles. The van der Waals surface area contributed by atoms with Crippen molar-refractivity contribution in [3.8, 4) is 0 Å². The molecule has 0 aromatic carbocycles. The molecule has 0 atom stereocenters. The highest BCUT2D eigenvalue weighted by Crippen LogP contribution is 2.05. The van der Waals surface area contributed by atoms with Gasteiger partial charge in [0.05, 0.1) is 0 Å². The summed E-state index contributed by atoms with van der Waals surface area (Å²) in [6, 6.07) is 0. The predicted molar refractivity (Wildman–Crippen MR) is 80.8 cm³/mol. The molecule has 100 valence electrons. The van der Waals surface area contributed by atoms with Crippen molar-refractivity contribution in [2.45, 2.75) is 26.4 Å². The number of halogens is 1. The number of hydrogen-bond acceptors (Lipinski definition) is 3. The molecule has 2 N–H and O–H groups in total. The standard InChI is InChI=1S/C11H21N3O2.HI/c1-6-7-13-10(12-5)14-8-9(15)16-11(2,3)4;/h6H,1,7-8H2,2-5H3,(H2,12,13,14);1H. The molecule has 0 rings (SSSR count). The Labute approximate surface area is 120 Å². The van der Waals surface area contributed by atoms with E-state index < -0.39 is 5.60 Å². The Hall–Kier alpha value is -0.790. The largest absolute Gasteiger partial charge is 0.459 e. The number of nitrogens with one attached hydrogen (secondary N) is 2. The highest BCUT2D eigenvalue weighted by molar-refractivity contribution is 14.0. The van der Waals surface area contributed by atoms with E-state index in [-0.39, 0.29) is 36.5 Å². The van der Waals surface area contributed by atoms with Gasteiger partial charge < -0.3 is 15.4 Å². The molecule has 0 unspecified atom stereocenters. The Kier molecular flexibility index (Phi) is 10.1. The Morgan fingerprint density at radius 1 is 1.41 bits per heavy atom. The number of ether oxygens (including phenoxy) is 1. The van der Waals surface area contributed by atoms with E-state index in [4.69, 9.17) is 4.74 Å². The topological polar surface area (TPSA) is 62.7 Å². The first-order valence-electron chi connectivity index (χ1n) is 5.16. The summed E-state index contributed by atoms with van der Waals surface area (Å²) in [6.07, 6.45) is 1.71. The highest BCUT2D eigenvalue weighted by atomic mass is 127. The van der Waals surface area contributed by atoms with Crippen molar-refractivity contribution in [2.24, 2.45) is 4.99 Å². The van der Waals surface area contributed by atoms with Crippen molar-refractivity contribution in [3.63, 3.8) is 0 Å². The van der Waals surface area contributed by atoms with Crippen LogP contribution in [0.2, 0.25) is 0 Å². The molecule has 0 aliphatic carbocycles. The lowest BCUT2D eigenvalue weighted by Gasteiger charge is -2.20. The maximum Gasteiger partial charge on any atom is 0.325 e. The quantitative estimate of drug-likeness (QED) is 0.262. The van der Waals surface area contributed by atoms with E-state index in [9.17, 15) is 4.79 Å². The van der Waals surface area contributed by atoms with Crippen LogP contribution in [0, 0.1) is 0 Å². The maximum atomic E-state index is 11.4. The molecule has 5 nitrogen and oxygen atoms in total. The predicted octanol–water partition coefficient (Wildman–Crippen LogP) is 1.30. The fourth-order valence-electron chi connectivity index (χ4n) is 0.923. The van der Waals surface area contributed by atoms with Gasteiger partial charge in [0.15, 0.2) is 5.96 Å². The second-order valence-corrected chi connectivity index (χ2v) is 4.18. The molecule has 0 bridgehead atoms. The Bertz CT molecular complexity index is 272. The van der Waals surface area contributed by atoms with Gasteiger partial charge in [-0.25, -0.2) is 0 Å². The molecule has 0 aliphatic rings. The number of hydrogen-bond donors (Lipinski definition) is 2. The van der Waals surface area contributed by atoms with E-state index in [1.165, 1.54) is 0 Å². The van der Waals surface area contributed by atoms with Crippen molar-refractivity contribution >= 4 is 35.9 Å². The number of esters is 1. The minimum absolute atomic E-state index is 0. The average Bonchev–Trinajstić information content (AvgIpc) is 2.15. The monoisotopic (exact) mass is 355 g/mol. The van der Waals surface area contributed by atoms with Crippen LogP contribution in [-0.4, -0.2) is 37.7 Å². The van der Waals surface area contributed by atoms with E-state index in [1.54, 1.807) is 13.1 Å². The average molecular weight is 355 g/mol. The molecule has 0 aliphatic heterocycles. The Balaban J connectivity index is 0. The van der Waals surface area contributed by atoms with Gasteiger partial charge in [-0.15, -0.1) is 30.6 Å². The van der Waals surface area contributed by atoms with E-state index in [0.29, 0.717) is 12.5 Å². The lowest BCUT2D eigenvalue weighted by Crippen LogP contribution is -2.41. The van der Waals surface area contributed by atoms with Crippen LogP contribution in [0.25, 0.3) is 0 Å². The van der Waals surface area contributed by atoms with Crippen LogP contribution in [0.1, 0.15) is 20.8 Å². The van der Waals surface area contributed by atoms with Gasteiger partial charge in [-0.1, -0.05) is 6.08 Å². The van der Waals surface area contributed by atoms with Crippen LogP contribution in [0.3, 0.4) is 0 Å². The number of aliphatic imine (C=N–C) groups is 1. The van der Waals surface area contributed by atoms with Gasteiger partial charge in [-0.3, -0.25) is 9.79 Å². The molecule has 17 heavy (non-hydrogen) atoms.